The predicted molar refractivity (Wildman–Crippen MR) is 127 cm³/mol. The van der Waals surface area contributed by atoms with Crippen molar-refractivity contribution < 1.29 is 14.3 Å². The van der Waals surface area contributed by atoms with E-state index in [4.69, 9.17) is 14.3 Å². The maximum atomic E-state index is 6.07. The standard InChI is InChI=1S/C25H42N2O3/c1-7-9-16-29-24-18-21(3)25(22(4)19-24)30-17-14-12-10-11-13-15-27(8-2)20-23(5)26-28-6/h7,9,18-19H,8,10-17,20H2,1-6H3/b9-7+,26-23+. The van der Waals surface area contributed by atoms with E-state index in [1.54, 1.807) is 7.11 Å². The minimum absolute atomic E-state index is 0.603. The van der Waals surface area contributed by atoms with E-state index in [0.29, 0.717) is 6.61 Å². The normalized spacial score (nSPS) is 12.0. The van der Waals surface area contributed by atoms with Crippen LogP contribution in [0, 0.1) is 13.8 Å². The van der Waals surface area contributed by atoms with Gasteiger partial charge >= 0.3 is 0 Å². The number of ether oxygens (including phenoxy) is 2. The van der Waals surface area contributed by atoms with Crippen LogP contribution in [0.5, 0.6) is 11.5 Å². The van der Waals surface area contributed by atoms with Crippen LogP contribution in [0.25, 0.3) is 0 Å². The van der Waals surface area contributed by atoms with Crippen molar-refractivity contribution in [2.24, 2.45) is 5.16 Å². The van der Waals surface area contributed by atoms with Crippen LogP contribution < -0.4 is 9.47 Å². The monoisotopic (exact) mass is 418 g/mol. The quantitative estimate of drug-likeness (QED) is 0.144. The molecule has 0 heterocycles. The zero-order chi connectivity index (χ0) is 22.2. The zero-order valence-corrected chi connectivity index (χ0v) is 20.0. The van der Waals surface area contributed by atoms with Gasteiger partial charge in [-0.15, -0.1) is 0 Å². The Morgan fingerprint density at radius 3 is 2.33 bits per heavy atom. The molecule has 0 aromatic heterocycles. The molecule has 30 heavy (non-hydrogen) atoms. The molecule has 0 fully saturated rings. The summed E-state index contributed by atoms with van der Waals surface area (Å²) in [5.74, 6) is 1.90. The number of aryl methyl sites for hydroxylation is 2. The molecule has 0 saturated carbocycles. The number of hydrogen-bond donors (Lipinski definition) is 0. The van der Waals surface area contributed by atoms with Gasteiger partial charge in [-0.3, -0.25) is 4.90 Å². The highest BCUT2D eigenvalue weighted by Gasteiger charge is 2.08. The van der Waals surface area contributed by atoms with Gasteiger partial charge in [-0.25, -0.2) is 0 Å². The van der Waals surface area contributed by atoms with Crippen LogP contribution in [-0.2, 0) is 4.84 Å². The van der Waals surface area contributed by atoms with Gasteiger partial charge in [0.15, 0.2) is 0 Å². The van der Waals surface area contributed by atoms with Crippen LogP contribution in [0.2, 0.25) is 0 Å². The van der Waals surface area contributed by atoms with Crippen molar-refractivity contribution in [1.82, 2.24) is 4.90 Å². The average molecular weight is 419 g/mol. The molecule has 0 saturated heterocycles. The first-order chi connectivity index (χ1) is 14.5. The molecule has 0 unspecified atom stereocenters. The number of allylic oxidation sites excluding steroid dienone is 1. The fourth-order valence-electron chi connectivity index (χ4n) is 3.46. The summed E-state index contributed by atoms with van der Waals surface area (Å²) in [6, 6.07) is 4.12. The molecule has 0 aliphatic rings. The van der Waals surface area contributed by atoms with Gasteiger partial charge in [-0.05, 0) is 76.9 Å². The molecule has 0 bridgehead atoms. The van der Waals surface area contributed by atoms with Crippen LogP contribution in [0.3, 0.4) is 0 Å². The lowest BCUT2D eigenvalue weighted by Crippen LogP contribution is -2.29. The first kappa shape index (κ1) is 26.0. The molecule has 5 heteroatoms. The summed E-state index contributed by atoms with van der Waals surface area (Å²) in [6.45, 7) is 14.8. The van der Waals surface area contributed by atoms with Crippen molar-refractivity contribution in [2.75, 3.05) is 40.0 Å². The predicted octanol–water partition coefficient (Wildman–Crippen LogP) is 5.93. The van der Waals surface area contributed by atoms with Gasteiger partial charge in [0.2, 0.25) is 0 Å². The SMILES string of the molecule is C/C=C/COc1cc(C)c(OCCCCCCCN(CC)C/C(C)=N/OC)c(C)c1. The number of rotatable bonds is 16. The maximum Gasteiger partial charge on any atom is 0.125 e. The Morgan fingerprint density at radius 1 is 1.03 bits per heavy atom. The van der Waals surface area contributed by atoms with Crippen LogP contribution in [0.1, 0.15) is 64.0 Å². The van der Waals surface area contributed by atoms with E-state index in [9.17, 15) is 0 Å². The molecule has 0 aliphatic heterocycles. The number of unbranched alkanes of at least 4 members (excludes halogenated alkanes) is 4. The van der Waals surface area contributed by atoms with Gasteiger partial charge in [0.1, 0.15) is 25.2 Å². The summed E-state index contributed by atoms with van der Waals surface area (Å²) in [5, 5.41) is 4.00. The van der Waals surface area contributed by atoms with E-state index in [2.05, 4.69) is 43.0 Å². The van der Waals surface area contributed by atoms with Gasteiger partial charge in [0, 0.05) is 6.54 Å². The van der Waals surface area contributed by atoms with Gasteiger partial charge in [-0.2, -0.15) is 0 Å². The van der Waals surface area contributed by atoms with E-state index in [1.807, 2.05) is 26.0 Å². The smallest absolute Gasteiger partial charge is 0.125 e. The minimum atomic E-state index is 0.603. The number of benzene rings is 1. The van der Waals surface area contributed by atoms with Crippen molar-refractivity contribution in [2.45, 2.75) is 66.7 Å². The van der Waals surface area contributed by atoms with Crippen molar-refractivity contribution in [3.63, 3.8) is 0 Å². The fourth-order valence-corrected chi connectivity index (χ4v) is 3.46. The highest BCUT2D eigenvalue weighted by Crippen LogP contribution is 2.28. The summed E-state index contributed by atoms with van der Waals surface area (Å²) in [4.78, 5) is 7.26. The molecule has 1 aromatic rings. The molecule has 5 nitrogen and oxygen atoms in total. The number of hydrogen-bond acceptors (Lipinski definition) is 5. The lowest BCUT2D eigenvalue weighted by molar-refractivity contribution is 0.209. The zero-order valence-electron chi connectivity index (χ0n) is 20.0. The molecule has 0 atom stereocenters. The largest absolute Gasteiger partial charge is 0.493 e. The summed E-state index contributed by atoms with van der Waals surface area (Å²) in [6.07, 6.45) is 10.0. The lowest BCUT2D eigenvalue weighted by atomic mass is 10.1. The van der Waals surface area contributed by atoms with Crippen LogP contribution >= 0.6 is 0 Å². The summed E-state index contributed by atoms with van der Waals surface area (Å²) in [7, 11) is 1.60. The molecule has 0 radical (unpaired) electrons. The Labute approximate surface area is 184 Å². The van der Waals surface area contributed by atoms with Crippen molar-refractivity contribution in [3.05, 3.63) is 35.4 Å². The second kappa shape index (κ2) is 15.8. The highest BCUT2D eigenvalue weighted by molar-refractivity contribution is 5.83. The first-order valence-electron chi connectivity index (χ1n) is 11.3. The number of oxime groups is 1. The molecule has 0 aliphatic carbocycles. The van der Waals surface area contributed by atoms with Crippen molar-refractivity contribution in [1.29, 1.82) is 0 Å². The van der Waals surface area contributed by atoms with E-state index in [0.717, 1.165) is 61.0 Å². The van der Waals surface area contributed by atoms with Crippen LogP contribution in [0.4, 0.5) is 0 Å². The van der Waals surface area contributed by atoms with Crippen molar-refractivity contribution in [3.8, 4) is 11.5 Å². The van der Waals surface area contributed by atoms with E-state index in [1.165, 1.54) is 25.7 Å². The molecule has 0 amide bonds. The molecule has 1 rings (SSSR count). The Balaban J connectivity index is 2.22. The highest BCUT2D eigenvalue weighted by atomic mass is 16.6. The van der Waals surface area contributed by atoms with E-state index < -0.39 is 0 Å². The molecule has 0 N–H and O–H groups in total. The molecular formula is C25H42N2O3. The molecule has 1 aromatic carbocycles. The summed E-state index contributed by atoms with van der Waals surface area (Å²) in [5.41, 5.74) is 3.30. The van der Waals surface area contributed by atoms with Crippen LogP contribution in [0.15, 0.2) is 29.4 Å². The third-order valence-corrected chi connectivity index (χ3v) is 5.03. The van der Waals surface area contributed by atoms with Gasteiger partial charge in [0.25, 0.3) is 0 Å². The Kier molecular flexibility index (Phi) is 13.7. The second-order valence-electron chi connectivity index (χ2n) is 7.76. The Hall–Kier alpha value is -2.01. The fraction of sp³-hybridized carbons (Fsp3) is 0.640. The van der Waals surface area contributed by atoms with Gasteiger partial charge in [-0.1, -0.05) is 43.5 Å². The lowest BCUT2D eigenvalue weighted by Gasteiger charge is -2.19. The van der Waals surface area contributed by atoms with E-state index >= 15 is 0 Å². The van der Waals surface area contributed by atoms with Gasteiger partial charge < -0.3 is 14.3 Å². The van der Waals surface area contributed by atoms with Gasteiger partial charge in [0.05, 0.1) is 12.3 Å². The first-order valence-corrected chi connectivity index (χ1v) is 11.3. The van der Waals surface area contributed by atoms with Crippen LogP contribution in [-0.4, -0.2) is 50.6 Å². The van der Waals surface area contributed by atoms with E-state index in [-0.39, 0.29) is 0 Å². The second-order valence-corrected chi connectivity index (χ2v) is 7.76. The third kappa shape index (κ3) is 10.7. The summed E-state index contributed by atoms with van der Waals surface area (Å²) < 4.78 is 11.8. The topological polar surface area (TPSA) is 43.3 Å². The Morgan fingerprint density at radius 2 is 1.70 bits per heavy atom. The third-order valence-electron chi connectivity index (χ3n) is 5.03. The minimum Gasteiger partial charge on any atom is -0.493 e. The molecule has 0 spiro atoms. The van der Waals surface area contributed by atoms with Crippen molar-refractivity contribution >= 4 is 5.71 Å². The number of nitrogens with zero attached hydrogens (tertiary/aromatic N) is 2. The maximum absolute atomic E-state index is 6.07. The molecular weight excluding hydrogens is 376 g/mol. The Bertz CT molecular complexity index is 633. The summed E-state index contributed by atoms with van der Waals surface area (Å²) >= 11 is 0. The molecule has 170 valence electrons. The average Bonchev–Trinajstić information content (AvgIpc) is 2.71.